The lowest BCUT2D eigenvalue weighted by Crippen LogP contribution is -2.48. The summed E-state index contributed by atoms with van der Waals surface area (Å²) in [6, 6.07) is 6.26. The Bertz CT molecular complexity index is 1640. The van der Waals surface area contributed by atoms with Crippen molar-refractivity contribution in [1.29, 1.82) is 0 Å². The lowest BCUT2D eigenvalue weighted by atomic mass is 9.89. The number of carbonyl (C=O) groups excluding carboxylic acids is 1. The van der Waals surface area contributed by atoms with Crippen molar-refractivity contribution < 1.29 is 9.18 Å². The van der Waals surface area contributed by atoms with Gasteiger partial charge in [0, 0.05) is 43.6 Å². The maximum Gasteiger partial charge on any atom is 0.333 e. The van der Waals surface area contributed by atoms with Crippen molar-refractivity contribution in [1.82, 2.24) is 28.4 Å². The van der Waals surface area contributed by atoms with E-state index in [2.05, 4.69) is 9.97 Å². The van der Waals surface area contributed by atoms with E-state index >= 15 is 0 Å². The van der Waals surface area contributed by atoms with Gasteiger partial charge in [0.25, 0.3) is 11.5 Å². The summed E-state index contributed by atoms with van der Waals surface area (Å²) < 4.78 is 19.0. The number of nitrogens with two attached hydrogens (primary N) is 1. The Morgan fingerprint density at radius 3 is 2.55 bits per heavy atom. The van der Waals surface area contributed by atoms with E-state index in [1.165, 1.54) is 10.6 Å². The van der Waals surface area contributed by atoms with Crippen molar-refractivity contribution in [2.45, 2.75) is 56.7 Å². The van der Waals surface area contributed by atoms with Crippen molar-refractivity contribution >= 4 is 34.3 Å². The summed E-state index contributed by atoms with van der Waals surface area (Å²) in [5.74, 6) is 1.05. The number of thioether (sulfide) groups is 1. The van der Waals surface area contributed by atoms with Gasteiger partial charge < -0.3 is 15.0 Å². The lowest BCUT2D eigenvalue weighted by molar-refractivity contribution is 0.0613. The largest absolute Gasteiger partial charge is 0.333 e. The number of nitrogens with zero attached hydrogens (tertiary/aromatic N) is 6. The van der Waals surface area contributed by atoms with Gasteiger partial charge in [0.05, 0.1) is 11.6 Å². The van der Waals surface area contributed by atoms with Crippen molar-refractivity contribution in [3.05, 3.63) is 75.2 Å². The van der Waals surface area contributed by atoms with Gasteiger partial charge >= 0.3 is 5.69 Å². The molecule has 0 unspecified atom stereocenters. The molecule has 4 aromatic heterocycles. The van der Waals surface area contributed by atoms with E-state index in [0.717, 1.165) is 30.5 Å². The number of hydrogen-bond donors (Lipinski definition) is 1. The first-order chi connectivity index (χ1) is 19.5. The monoisotopic (exact) mass is 565 g/mol. The number of amides is 1. The van der Waals surface area contributed by atoms with Gasteiger partial charge in [0.15, 0.2) is 0 Å². The van der Waals surface area contributed by atoms with Crippen LogP contribution in [0, 0.1) is 5.82 Å². The maximum atomic E-state index is 14.2. The molecule has 0 radical (unpaired) electrons. The summed E-state index contributed by atoms with van der Waals surface area (Å²) in [5.41, 5.74) is 6.31. The van der Waals surface area contributed by atoms with Gasteiger partial charge in [-0.3, -0.25) is 18.7 Å². The Balaban J connectivity index is 1.29. The minimum absolute atomic E-state index is 0.0829. The minimum atomic E-state index is -0.604. The van der Waals surface area contributed by atoms with Crippen LogP contribution < -0.4 is 17.0 Å². The molecular formula is C28H32FN7O3S. The number of fused-ring (bicyclic) bond motifs is 2. The number of carbonyl (C=O) groups is 1. The molecule has 1 saturated heterocycles. The van der Waals surface area contributed by atoms with Gasteiger partial charge in [-0.25, -0.2) is 19.2 Å². The number of rotatable bonds is 6. The summed E-state index contributed by atoms with van der Waals surface area (Å²) in [4.78, 5) is 51.4. The summed E-state index contributed by atoms with van der Waals surface area (Å²) >= 11 is 1.84. The van der Waals surface area contributed by atoms with Crippen molar-refractivity contribution in [3.63, 3.8) is 0 Å². The molecule has 1 aliphatic carbocycles. The van der Waals surface area contributed by atoms with Crippen LogP contribution in [0.5, 0.6) is 0 Å². The zero-order chi connectivity index (χ0) is 27.8. The Morgan fingerprint density at radius 2 is 1.82 bits per heavy atom. The Kier molecular flexibility index (Phi) is 7.45. The Hall–Kier alpha value is -3.51. The molecule has 0 atom stereocenters. The summed E-state index contributed by atoms with van der Waals surface area (Å²) in [5, 5.41) is 0.131. The van der Waals surface area contributed by atoms with E-state index in [-0.39, 0.29) is 40.8 Å². The summed E-state index contributed by atoms with van der Waals surface area (Å²) in [7, 11) is 0. The number of pyridine rings is 2. The average Bonchev–Trinajstić information content (AvgIpc) is 3.42. The van der Waals surface area contributed by atoms with Crippen LogP contribution in [0.3, 0.4) is 0 Å². The van der Waals surface area contributed by atoms with Gasteiger partial charge in [-0.05, 0) is 68.2 Å². The highest BCUT2D eigenvalue weighted by Crippen LogP contribution is 2.32. The molecule has 0 spiro atoms. The molecule has 1 saturated carbocycles. The molecule has 2 N–H and O–H groups in total. The van der Waals surface area contributed by atoms with Crippen molar-refractivity contribution in [3.8, 4) is 0 Å². The molecule has 12 heteroatoms. The smallest absolute Gasteiger partial charge is 0.333 e. The molecule has 40 heavy (non-hydrogen) atoms. The molecule has 10 nitrogen and oxygen atoms in total. The Morgan fingerprint density at radius 1 is 1.07 bits per heavy atom. The predicted molar refractivity (Wildman–Crippen MR) is 152 cm³/mol. The first-order valence-corrected chi connectivity index (χ1v) is 15.0. The highest BCUT2D eigenvalue weighted by molar-refractivity contribution is 7.99. The van der Waals surface area contributed by atoms with Gasteiger partial charge in [-0.2, -0.15) is 11.8 Å². The molecule has 2 fully saturated rings. The SMILES string of the molecule is NCCN(C(=O)c1cn2ccccc2n1)C1CCC(n2c(=O)c3cc(F)cnc3n(C3CCSCC3)c2=O)CC1. The molecule has 4 aromatic rings. The van der Waals surface area contributed by atoms with Gasteiger partial charge in [0.2, 0.25) is 0 Å². The van der Waals surface area contributed by atoms with Crippen LogP contribution in [0.25, 0.3) is 16.7 Å². The van der Waals surface area contributed by atoms with Gasteiger partial charge in [-0.15, -0.1) is 0 Å². The lowest BCUT2D eigenvalue weighted by Gasteiger charge is -2.37. The van der Waals surface area contributed by atoms with Crippen molar-refractivity contribution in [2.75, 3.05) is 24.6 Å². The molecule has 0 aromatic carbocycles. The molecule has 1 aliphatic heterocycles. The van der Waals surface area contributed by atoms with Crippen LogP contribution in [-0.2, 0) is 0 Å². The van der Waals surface area contributed by atoms with E-state index in [1.807, 2.05) is 40.6 Å². The van der Waals surface area contributed by atoms with Gasteiger partial charge in [0.1, 0.15) is 22.8 Å². The molecule has 6 rings (SSSR count). The van der Waals surface area contributed by atoms with Crippen LogP contribution in [0.1, 0.15) is 61.1 Å². The van der Waals surface area contributed by atoms with E-state index in [1.54, 1.807) is 15.7 Å². The zero-order valence-electron chi connectivity index (χ0n) is 22.1. The Labute approximate surface area is 234 Å². The second-order valence-corrected chi connectivity index (χ2v) is 11.8. The summed E-state index contributed by atoms with van der Waals surface area (Å²) in [6.07, 6.45) is 8.51. The normalized spacial score (nSPS) is 20.2. The number of aromatic nitrogens is 5. The molecule has 1 amide bonds. The maximum absolute atomic E-state index is 14.2. The van der Waals surface area contributed by atoms with Gasteiger partial charge in [-0.1, -0.05) is 6.07 Å². The van der Waals surface area contributed by atoms with Crippen LogP contribution >= 0.6 is 11.8 Å². The predicted octanol–water partition coefficient (Wildman–Crippen LogP) is 3.00. The van der Waals surface area contributed by atoms with E-state index in [4.69, 9.17) is 5.73 Å². The average molecular weight is 566 g/mol. The third-order valence-corrected chi connectivity index (χ3v) is 9.21. The topological polar surface area (TPSA) is 121 Å². The number of imidazole rings is 1. The van der Waals surface area contributed by atoms with E-state index in [9.17, 15) is 18.8 Å². The molecular weight excluding hydrogens is 533 g/mol. The quantitative estimate of drug-likeness (QED) is 0.382. The first kappa shape index (κ1) is 26.7. The molecule has 2 aliphatic rings. The standard InChI is InChI=1S/C28H32FN7O3S/c29-18-15-22-25(31-16-18)35(21-8-13-40-14-9-21)28(39)36(26(22)37)20-6-4-19(5-7-20)34(12-10-30)27(38)23-17-33-11-2-1-3-24(33)32-23/h1-3,11,15-17,19-21H,4-10,12-14,30H2. The van der Waals surface area contributed by atoms with Crippen LogP contribution in [0.4, 0.5) is 4.39 Å². The number of hydrogen-bond acceptors (Lipinski definition) is 7. The third kappa shape index (κ3) is 4.83. The van der Waals surface area contributed by atoms with E-state index in [0.29, 0.717) is 50.1 Å². The fourth-order valence-electron chi connectivity index (χ4n) is 6.20. The fraction of sp³-hybridized carbons (Fsp3) is 0.464. The molecule has 5 heterocycles. The fourth-order valence-corrected chi connectivity index (χ4v) is 7.28. The second-order valence-electron chi connectivity index (χ2n) is 10.5. The van der Waals surface area contributed by atoms with E-state index < -0.39 is 11.4 Å². The summed E-state index contributed by atoms with van der Waals surface area (Å²) in [6.45, 7) is 0.696. The van der Waals surface area contributed by atoms with Crippen molar-refractivity contribution in [2.24, 2.45) is 5.73 Å². The molecule has 0 bridgehead atoms. The zero-order valence-corrected chi connectivity index (χ0v) is 22.9. The van der Waals surface area contributed by atoms with Crippen LogP contribution in [0.15, 0.2) is 52.4 Å². The third-order valence-electron chi connectivity index (χ3n) is 8.16. The highest BCUT2D eigenvalue weighted by atomic mass is 32.2. The second kappa shape index (κ2) is 11.2. The highest BCUT2D eigenvalue weighted by Gasteiger charge is 2.33. The molecule has 210 valence electrons. The number of halogens is 1. The minimum Gasteiger partial charge on any atom is -0.333 e. The van der Waals surface area contributed by atoms with Crippen LogP contribution in [-0.4, -0.2) is 64.9 Å². The van der Waals surface area contributed by atoms with Crippen LogP contribution in [0.2, 0.25) is 0 Å². The first-order valence-electron chi connectivity index (χ1n) is 13.8.